The van der Waals surface area contributed by atoms with E-state index in [1.807, 2.05) is 56.3 Å². The summed E-state index contributed by atoms with van der Waals surface area (Å²) in [5, 5.41) is 8.56. The monoisotopic (exact) mass is 668 g/mol. The Kier molecular flexibility index (Phi) is 16.2. The van der Waals surface area contributed by atoms with Gasteiger partial charge < -0.3 is 35.1 Å². The molecule has 1 unspecified atom stereocenters. The van der Waals surface area contributed by atoms with Gasteiger partial charge in [0.2, 0.25) is 6.79 Å². The van der Waals surface area contributed by atoms with Gasteiger partial charge in [-0.2, -0.15) is 0 Å². The molecular weight excluding hydrogens is 612 g/mol. The van der Waals surface area contributed by atoms with Gasteiger partial charge in [0.05, 0.1) is 17.8 Å². The predicted molar refractivity (Wildman–Crippen MR) is 190 cm³/mol. The first-order chi connectivity index (χ1) is 22.6. The Morgan fingerprint density at radius 1 is 0.854 bits per heavy atom. The van der Waals surface area contributed by atoms with Crippen LogP contribution in [0.2, 0.25) is 0 Å². The summed E-state index contributed by atoms with van der Waals surface area (Å²) in [4.78, 5) is 52.0. The Balaban J connectivity index is 2.06. The number of amides is 3. The maximum atomic E-state index is 13.2. The lowest BCUT2D eigenvalue weighted by Gasteiger charge is -2.31. The fraction of sp³-hybridized carbons (Fsp3) is 0.568. The zero-order chi connectivity index (χ0) is 35.9. The van der Waals surface area contributed by atoms with Crippen molar-refractivity contribution >= 4 is 41.1 Å². The Bertz CT molecular complexity index is 1330. The molecule has 0 saturated heterocycles. The molecule has 11 heteroatoms. The van der Waals surface area contributed by atoms with Crippen LogP contribution in [-0.2, 0) is 23.8 Å². The van der Waals surface area contributed by atoms with E-state index in [-0.39, 0.29) is 31.3 Å². The molecule has 3 N–H and O–H groups in total. The van der Waals surface area contributed by atoms with Crippen molar-refractivity contribution in [1.29, 1.82) is 0 Å². The number of nitrogens with zero attached hydrogens (tertiary/aromatic N) is 1. The van der Waals surface area contributed by atoms with Gasteiger partial charge in [0.15, 0.2) is 0 Å². The van der Waals surface area contributed by atoms with Crippen molar-refractivity contribution in [3.8, 4) is 0 Å². The number of urea groups is 1. The lowest BCUT2D eigenvalue weighted by Crippen LogP contribution is -2.33. The first-order valence-corrected chi connectivity index (χ1v) is 16.9. The highest BCUT2D eigenvalue weighted by molar-refractivity contribution is 6.02. The highest BCUT2D eigenvalue weighted by Gasteiger charge is 2.21. The predicted octanol–water partition coefficient (Wildman–Crippen LogP) is 7.99. The van der Waals surface area contributed by atoms with Crippen molar-refractivity contribution in [3.05, 3.63) is 53.6 Å². The van der Waals surface area contributed by atoms with Crippen LogP contribution in [0.4, 0.5) is 26.7 Å². The maximum Gasteiger partial charge on any atom is 0.407 e. The summed E-state index contributed by atoms with van der Waals surface area (Å²) < 4.78 is 15.4. The molecule has 0 spiro atoms. The van der Waals surface area contributed by atoms with Crippen LogP contribution >= 0.6 is 0 Å². The average Bonchev–Trinajstić information content (AvgIpc) is 2.97. The number of rotatable bonds is 17. The zero-order valence-electron chi connectivity index (χ0n) is 30.2. The van der Waals surface area contributed by atoms with Gasteiger partial charge in [0, 0.05) is 31.7 Å². The summed E-state index contributed by atoms with van der Waals surface area (Å²) in [6, 6.07) is 13.2. The van der Waals surface area contributed by atoms with Crippen LogP contribution in [0.1, 0.15) is 98.1 Å². The molecule has 0 aliphatic heterocycles. The molecule has 0 saturated carbocycles. The first kappa shape index (κ1) is 39.9. The van der Waals surface area contributed by atoms with Crippen molar-refractivity contribution in [3.63, 3.8) is 0 Å². The molecule has 2 rings (SSSR count). The van der Waals surface area contributed by atoms with E-state index in [4.69, 9.17) is 14.2 Å². The third kappa shape index (κ3) is 15.5. The van der Waals surface area contributed by atoms with E-state index in [1.165, 1.54) is 0 Å². The number of carbonyl (C=O) groups excluding carboxylic acids is 4. The highest BCUT2D eigenvalue weighted by Crippen LogP contribution is 2.34. The normalized spacial score (nSPS) is 11.9. The Morgan fingerprint density at radius 3 is 2.06 bits per heavy atom. The highest BCUT2D eigenvalue weighted by atomic mass is 16.7. The van der Waals surface area contributed by atoms with E-state index in [2.05, 4.69) is 48.5 Å². The van der Waals surface area contributed by atoms with Gasteiger partial charge in [-0.15, -0.1) is 0 Å². The second-order valence-corrected chi connectivity index (χ2v) is 13.9. The third-order valence-corrected chi connectivity index (χ3v) is 7.13. The van der Waals surface area contributed by atoms with Crippen LogP contribution in [0.15, 0.2) is 42.5 Å². The summed E-state index contributed by atoms with van der Waals surface area (Å²) in [6.07, 6.45) is 0.571. The zero-order valence-corrected chi connectivity index (χ0v) is 30.2. The fourth-order valence-electron chi connectivity index (χ4n) is 4.99. The van der Waals surface area contributed by atoms with Crippen LogP contribution < -0.4 is 20.9 Å². The van der Waals surface area contributed by atoms with Crippen molar-refractivity contribution < 1.29 is 33.4 Å². The van der Waals surface area contributed by atoms with Gasteiger partial charge >= 0.3 is 24.1 Å². The molecule has 0 radical (unpaired) electrons. The minimum Gasteiger partial charge on any atom is -0.444 e. The number of hydrogen-bond acceptors (Lipinski definition) is 8. The van der Waals surface area contributed by atoms with E-state index in [1.54, 1.807) is 20.8 Å². The first-order valence-electron chi connectivity index (χ1n) is 16.9. The van der Waals surface area contributed by atoms with Gasteiger partial charge in [0.25, 0.3) is 0 Å². The average molecular weight is 669 g/mol. The molecule has 11 nitrogen and oxygen atoms in total. The largest absolute Gasteiger partial charge is 0.444 e. The van der Waals surface area contributed by atoms with Crippen molar-refractivity contribution in [2.24, 2.45) is 11.8 Å². The Morgan fingerprint density at radius 2 is 1.48 bits per heavy atom. The van der Waals surface area contributed by atoms with Gasteiger partial charge in [-0.05, 0) is 88.1 Å². The van der Waals surface area contributed by atoms with Gasteiger partial charge in [-0.3, -0.25) is 9.59 Å². The smallest absolute Gasteiger partial charge is 0.407 e. The summed E-state index contributed by atoms with van der Waals surface area (Å²) in [5.41, 5.74) is 3.62. The molecule has 3 amide bonds. The van der Waals surface area contributed by atoms with Crippen molar-refractivity contribution in [2.45, 2.75) is 99.5 Å². The van der Waals surface area contributed by atoms with Gasteiger partial charge in [0.1, 0.15) is 5.60 Å². The van der Waals surface area contributed by atoms with E-state index in [0.29, 0.717) is 36.1 Å². The SMILES string of the molecule is CCC(CC(=O)OCOC(=O)CCCNC(=O)OC(C)(C)C)c1ccc(N(CC(C)C)CC(C)C)c(NC(=O)Nc2ccc(C)cc2)c1. The topological polar surface area (TPSA) is 135 Å². The second-order valence-electron chi connectivity index (χ2n) is 13.9. The molecule has 0 bridgehead atoms. The summed E-state index contributed by atoms with van der Waals surface area (Å²) in [7, 11) is 0. The van der Waals surface area contributed by atoms with Crippen molar-refractivity contribution in [2.75, 3.05) is 42.0 Å². The third-order valence-electron chi connectivity index (χ3n) is 7.13. The molecule has 2 aromatic carbocycles. The minimum absolute atomic E-state index is 0.0508. The number of nitrogens with one attached hydrogen (secondary N) is 3. The van der Waals surface area contributed by atoms with Crippen LogP contribution in [-0.4, -0.2) is 56.1 Å². The number of carbonyl (C=O) groups is 4. The second kappa shape index (κ2) is 19.5. The van der Waals surface area contributed by atoms with E-state index < -0.39 is 30.4 Å². The Hall–Kier alpha value is -4.28. The summed E-state index contributed by atoms with van der Waals surface area (Å²) in [6.45, 7) is 19.3. The fourth-order valence-corrected chi connectivity index (χ4v) is 4.99. The molecule has 0 aliphatic carbocycles. The van der Waals surface area contributed by atoms with Crippen molar-refractivity contribution in [1.82, 2.24) is 5.32 Å². The minimum atomic E-state index is -0.604. The van der Waals surface area contributed by atoms with Gasteiger partial charge in [-0.25, -0.2) is 9.59 Å². The number of ether oxygens (including phenoxy) is 3. The van der Waals surface area contributed by atoms with Crippen LogP contribution in [0.5, 0.6) is 0 Å². The lowest BCUT2D eigenvalue weighted by atomic mass is 9.92. The Labute approximate surface area is 286 Å². The number of aryl methyl sites for hydroxylation is 1. The van der Waals surface area contributed by atoms with Crippen LogP contribution in [0.3, 0.4) is 0 Å². The quantitative estimate of drug-likeness (QED) is 0.0877. The maximum absolute atomic E-state index is 13.2. The number of hydrogen-bond donors (Lipinski definition) is 3. The number of anilines is 3. The molecule has 2 aromatic rings. The number of benzene rings is 2. The molecule has 48 heavy (non-hydrogen) atoms. The molecule has 0 aliphatic rings. The lowest BCUT2D eigenvalue weighted by molar-refractivity contribution is -0.167. The van der Waals surface area contributed by atoms with E-state index in [0.717, 1.165) is 29.9 Å². The number of esters is 2. The molecule has 0 aromatic heterocycles. The number of alkyl carbamates (subject to hydrolysis) is 1. The van der Waals surface area contributed by atoms with E-state index >= 15 is 0 Å². The molecule has 266 valence electrons. The standard InChI is InChI=1S/C37H56N4O7/c1-10-28(21-34(43)47-24-46-33(42)12-11-19-38-36(45)48-37(7,8)9)29-15-18-32(41(22-25(2)3)23-26(4)5)31(20-29)40-35(44)39-30-16-13-27(6)14-17-30/h13-18,20,25-26,28H,10-12,19,21-24H2,1-9H3,(H,38,45)(H2,39,40,44). The van der Waals surface area contributed by atoms with Crippen LogP contribution in [0.25, 0.3) is 0 Å². The van der Waals surface area contributed by atoms with Gasteiger partial charge in [-0.1, -0.05) is 58.4 Å². The summed E-state index contributed by atoms with van der Waals surface area (Å²) >= 11 is 0. The summed E-state index contributed by atoms with van der Waals surface area (Å²) in [5.74, 6) is -0.426. The molecular formula is C37H56N4O7. The van der Waals surface area contributed by atoms with Crippen LogP contribution in [0, 0.1) is 18.8 Å². The molecule has 0 heterocycles. The molecule has 0 fully saturated rings. The van der Waals surface area contributed by atoms with E-state index in [9.17, 15) is 19.2 Å². The molecule has 1 atom stereocenters.